The van der Waals surface area contributed by atoms with Crippen LogP contribution >= 0.6 is 0 Å². The maximum absolute atomic E-state index is 10.3. The van der Waals surface area contributed by atoms with E-state index in [0.29, 0.717) is 17.7 Å². The highest BCUT2D eigenvalue weighted by Crippen LogP contribution is 2.30. The highest BCUT2D eigenvalue weighted by Gasteiger charge is 2.12. The van der Waals surface area contributed by atoms with Gasteiger partial charge in [-0.3, -0.25) is 0 Å². The number of hydrogen-bond donors (Lipinski definition) is 1. The molecule has 0 aromatic heterocycles. The molecule has 0 bridgehead atoms. The number of aryl methyl sites for hydroxylation is 1. The van der Waals surface area contributed by atoms with Gasteiger partial charge in [0.05, 0.1) is 11.8 Å². The number of aliphatic hydroxyl groups excluding tert-OH is 1. The monoisotopic (exact) mass is 205 g/mol. The minimum atomic E-state index is -0.554. The Bertz CT molecular complexity index is 381. The molecule has 3 heteroatoms. The molecule has 0 aliphatic rings. The standard InChI is InChI=1S/C12H15NO2/c1-3-5-11(15)10-7-4-6-9(2)12(10)13-8-14/h4,6-7,11,15H,3,5H2,1-2H3. The molecule has 0 fully saturated rings. The van der Waals surface area contributed by atoms with Gasteiger partial charge in [0.15, 0.2) is 0 Å². The van der Waals surface area contributed by atoms with Crippen LogP contribution in [0, 0.1) is 6.92 Å². The lowest BCUT2D eigenvalue weighted by Crippen LogP contribution is -1.98. The van der Waals surface area contributed by atoms with Crippen LogP contribution in [0.1, 0.15) is 37.0 Å². The number of hydrogen-bond acceptors (Lipinski definition) is 3. The zero-order valence-corrected chi connectivity index (χ0v) is 9.03. The largest absolute Gasteiger partial charge is 0.388 e. The van der Waals surface area contributed by atoms with E-state index >= 15 is 0 Å². The van der Waals surface area contributed by atoms with Gasteiger partial charge in [0.25, 0.3) is 0 Å². The van der Waals surface area contributed by atoms with E-state index in [9.17, 15) is 9.90 Å². The lowest BCUT2D eigenvalue weighted by molar-refractivity contribution is 0.167. The fourth-order valence-corrected chi connectivity index (χ4v) is 1.58. The van der Waals surface area contributed by atoms with Crippen molar-refractivity contribution in [2.45, 2.75) is 32.8 Å². The molecule has 0 saturated heterocycles. The summed E-state index contributed by atoms with van der Waals surface area (Å²) in [7, 11) is 0. The second-order valence-electron chi connectivity index (χ2n) is 3.52. The van der Waals surface area contributed by atoms with E-state index in [0.717, 1.165) is 12.0 Å². The molecule has 0 spiro atoms. The average molecular weight is 205 g/mol. The number of nitrogens with zero attached hydrogens (tertiary/aromatic N) is 1. The quantitative estimate of drug-likeness (QED) is 0.607. The lowest BCUT2D eigenvalue weighted by Gasteiger charge is -2.13. The van der Waals surface area contributed by atoms with Crippen LogP contribution in [0.15, 0.2) is 23.2 Å². The van der Waals surface area contributed by atoms with Crippen LogP contribution in [-0.2, 0) is 4.79 Å². The summed E-state index contributed by atoms with van der Waals surface area (Å²) in [5.41, 5.74) is 2.14. The third kappa shape index (κ3) is 2.75. The summed E-state index contributed by atoms with van der Waals surface area (Å²) in [6.07, 6.45) is 2.53. The highest BCUT2D eigenvalue weighted by molar-refractivity contribution is 5.58. The van der Waals surface area contributed by atoms with E-state index in [1.807, 2.05) is 26.0 Å². The SMILES string of the molecule is CCCC(O)c1cccc(C)c1N=C=O. The Morgan fingerprint density at radius 2 is 2.27 bits per heavy atom. The first kappa shape index (κ1) is 11.6. The van der Waals surface area contributed by atoms with Crippen molar-refractivity contribution in [2.75, 3.05) is 0 Å². The van der Waals surface area contributed by atoms with E-state index < -0.39 is 6.10 Å². The number of benzene rings is 1. The second kappa shape index (κ2) is 5.44. The Balaban J connectivity index is 3.15. The van der Waals surface area contributed by atoms with Crippen LogP contribution in [0.25, 0.3) is 0 Å². The lowest BCUT2D eigenvalue weighted by atomic mass is 10.0. The fourth-order valence-electron chi connectivity index (χ4n) is 1.58. The van der Waals surface area contributed by atoms with Crippen molar-refractivity contribution in [1.82, 2.24) is 0 Å². The van der Waals surface area contributed by atoms with Gasteiger partial charge in [-0.05, 0) is 18.9 Å². The third-order valence-electron chi connectivity index (χ3n) is 2.35. The summed E-state index contributed by atoms with van der Waals surface area (Å²) in [6, 6.07) is 5.51. The molecule has 0 saturated carbocycles. The first-order valence-electron chi connectivity index (χ1n) is 5.06. The Kier molecular flexibility index (Phi) is 4.22. The predicted molar refractivity (Wildman–Crippen MR) is 58.8 cm³/mol. The molecule has 1 N–H and O–H groups in total. The van der Waals surface area contributed by atoms with E-state index in [1.54, 1.807) is 6.07 Å². The summed E-state index contributed by atoms with van der Waals surface area (Å²) in [5.74, 6) is 0. The Labute approximate surface area is 89.5 Å². The fraction of sp³-hybridized carbons (Fsp3) is 0.417. The van der Waals surface area contributed by atoms with Gasteiger partial charge in [-0.1, -0.05) is 31.5 Å². The molecule has 1 atom stereocenters. The Morgan fingerprint density at radius 1 is 1.53 bits per heavy atom. The summed E-state index contributed by atoms with van der Waals surface area (Å²) in [6.45, 7) is 3.86. The molecule has 3 nitrogen and oxygen atoms in total. The first-order chi connectivity index (χ1) is 7.20. The molecular weight excluding hydrogens is 190 g/mol. The van der Waals surface area contributed by atoms with E-state index in [4.69, 9.17) is 0 Å². The smallest absolute Gasteiger partial charge is 0.240 e. The molecule has 0 aliphatic heterocycles. The van der Waals surface area contributed by atoms with Gasteiger partial charge >= 0.3 is 0 Å². The molecule has 15 heavy (non-hydrogen) atoms. The maximum atomic E-state index is 10.3. The molecule has 1 rings (SSSR count). The van der Waals surface area contributed by atoms with Crippen LogP contribution in [0.2, 0.25) is 0 Å². The van der Waals surface area contributed by atoms with Crippen LogP contribution in [0.5, 0.6) is 0 Å². The van der Waals surface area contributed by atoms with Crippen LogP contribution in [0.3, 0.4) is 0 Å². The molecule has 1 aromatic rings. The van der Waals surface area contributed by atoms with Crippen molar-refractivity contribution in [3.8, 4) is 0 Å². The van der Waals surface area contributed by atoms with Crippen molar-refractivity contribution < 1.29 is 9.90 Å². The number of aliphatic hydroxyl groups is 1. The maximum Gasteiger partial charge on any atom is 0.240 e. The number of isocyanates is 1. The highest BCUT2D eigenvalue weighted by atomic mass is 16.3. The van der Waals surface area contributed by atoms with Crippen molar-refractivity contribution in [1.29, 1.82) is 0 Å². The van der Waals surface area contributed by atoms with E-state index in [2.05, 4.69) is 4.99 Å². The molecule has 0 radical (unpaired) electrons. The van der Waals surface area contributed by atoms with E-state index in [-0.39, 0.29) is 0 Å². The first-order valence-corrected chi connectivity index (χ1v) is 5.06. The molecule has 0 aliphatic carbocycles. The topological polar surface area (TPSA) is 49.7 Å². The van der Waals surface area contributed by atoms with Crippen molar-refractivity contribution in [2.24, 2.45) is 4.99 Å². The predicted octanol–water partition coefficient (Wildman–Crippen LogP) is 2.80. The molecule has 1 aromatic carbocycles. The van der Waals surface area contributed by atoms with Gasteiger partial charge in [0.2, 0.25) is 6.08 Å². The molecule has 1 unspecified atom stereocenters. The number of aliphatic imine (C=N–C) groups is 1. The summed E-state index contributed by atoms with van der Waals surface area (Å²) >= 11 is 0. The molecule has 0 heterocycles. The summed E-state index contributed by atoms with van der Waals surface area (Å²) < 4.78 is 0. The minimum absolute atomic E-state index is 0.549. The average Bonchev–Trinajstić information content (AvgIpc) is 2.21. The van der Waals surface area contributed by atoms with Crippen molar-refractivity contribution in [3.05, 3.63) is 29.3 Å². The third-order valence-corrected chi connectivity index (χ3v) is 2.35. The zero-order chi connectivity index (χ0) is 11.3. The van der Waals surface area contributed by atoms with Crippen LogP contribution in [0.4, 0.5) is 5.69 Å². The van der Waals surface area contributed by atoms with Gasteiger partial charge in [-0.25, -0.2) is 4.79 Å². The molecule has 80 valence electrons. The van der Waals surface area contributed by atoms with E-state index in [1.165, 1.54) is 6.08 Å². The second-order valence-corrected chi connectivity index (χ2v) is 3.52. The summed E-state index contributed by atoms with van der Waals surface area (Å²) in [5, 5.41) is 9.86. The summed E-state index contributed by atoms with van der Waals surface area (Å²) in [4.78, 5) is 13.9. The number of rotatable bonds is 4. The van der Waals surface area contributed by atoms with Gasteiger partial charge < -0.3 is 5.11 Å². The van der Waals surface area contributed by atoms with Crippen molar-refractivity contribution in [3.63, 3.8) is 0 Å². The van der Waals surface area contributed by atoms with Crippen LogP contribution < -0.4 is 0 Å². The van der Waals surface area contributed by atoms with Crippen LogP contribution in [-0.4, -0.2) is 11.2 Å². The molecule has 0 amide bonds. The normalized spacial score (nSPS) is 11.9. The van der Waals surface area contributed by atoms with Gasteiger partial charge in [-0.15, -0.1) is 0 Å². The number of para-hydroxylation sites is 1. The minimum Gasteiger partial charge on any atom is -0.388 e. The zero-order valence-electron chi connectivity index (χ0n) is 9.03. The van der Waals surface area contributed by atoms with Gasteiger partial charge in [0.1, 0.15) is 0 Å². The number of carbonyl (C=O) groups excluding carboxylic acids is 1. The van der Waals surface area contributed by atoms with Gasteiger partial charge in [-0.2, -0.15) is 4.99 Å². The van der Waals surface area contributed by atoms with Crippen molar-refractivity contribution >= 4 is 11.8 Å². The molecular formula is C12H15NO2. The van der Waals surface area contributed by atoms with Gasteiger partial charge in [0, 0.05) is 5.56 Å². The Morgan fingerprint density at radius 3 is 2.87 bits per heavy atom. The Hall–Kier alpha value is -1.44.